The maximum absolute atomic E-state index is 10.7. The molecule has 1 aromatic carbocycles. The second kappa shape index (κ2) is 4.03. The Kier molecular flexibility index (Phi) is 3.15. The number of carboxylic acids is 1. The minimum atomic E-state index is -1.43. The third kappa shape index (κ3) is 2.02. The van der Waals surface area contributed by atoms with Gasteiger partial charge in [0.15, 0.2) is 6.10 Å². The quantitative estimate of drug-likeness (QED) is 0.782. The lowest BCUT2D eigenvalue weighted by Gasteiger charge is -2.16. The van der Waals surface area contributed by atoms with Crippen LogP contribution < -0.4 is 0 Å². The summed E-state index contributed by atoms with van der Waals surface area (Å²) in [6.45, 7) is 7.69. The third-order valence-corrected chi connectivity index (χ3v) is 3.05. The minimum Gasteiger partial charge on any atom is -0.479 e. The number of aryl methyl sites for hydroxylation is 1. The smallest absolute Gasteiger partial charge is 0.337 e. The fourth-order valence-electron chi connectivity index (χ4n) is 1.66. The molecule has 0 radical (unpaired) electrons. The fourth-order valence-corrected chi connectivity index (χ4v) is 1.66. The molecular formula is C12H16O3. The van der Waals surface area contributed by atoms with Gasteiger partial charge < -0.3 is 10.2 Å². The normalized spacial score (nSPS) is 12.6. The van der Waals surface area contributed by atoms with Gasteiger partial charge in [0.2, 0.25) is 0 Å². The van der Waals surface area contributed by atoms with Crippen LogP contribution in [0.3, 0.4) is 0 Å². The molecule has 1 rings (SSSR count). The van der Waals surface area contributed by atoms with E-state index in [1.54, 1.807) is 6.07 Å². The molecule has 1 unspecified atom stereocenters. The van der Waals surface area contributed by atoms with Crippen LogP contribution in [-0.2, 0) is 4.79 Å². The first kappa shape index (κ1) is 11.7. The highest BCUT2D eigenvalue weighted by Crippen LogP contribution is 2.25. The molecule has 0 aliphatic heterocycles. The molecule has 82 valence electrons. The van der Waals surface area contributed by atoms with Crippen molar-refractivity contribution in [3.63, 3.8) is 0 Å². The van der Waals surface area contributed by atoms with E-state index in [2.05, 4.69) is 0 Å². The molecule has 3 nitrogen and oxygen atoms in total. The lowest BCUT2D eigenvalue weighted by Crippen LogP contribution is -2.13. The number of aliphatic carboxylic acids is 1. The summed E-state index contributed by atoms with van der Waals surface area (Å²) in [4.78, 5) is 10.7. The van der Waals surface area contributed by atoms with E-state index in [4.69, 9.17) is 5.11 Å². The largest absolute Gasteiger partial charge is 0.479 e. The Morgan fingerprint density at radius 3 is 2.13 bits per heavy atom. The molecule has 0 saturated carbocycles. The van der Waals surface area contributed by atoms with E-state index in [0.29, 0.717) is 5.56 Å². The number of aliphatic hydroxyl groups is 1. The van der Waals surface area contributed by atoms with Crippen molar-refractivity contribution < 1.29 is 15.0 Å². The first-order chi connectivity index (χ1) is 6.86. The van der Waals surface area contributed by atoms with Crippen LogP contribution >= 0.6 is 0 Å². The molecule has 1 atom stereocenters. The van der Waals surface area contributed by atoms with E-state index >= 15 is 0 Å². The lowest BCUT2D eigenvalue weighted by molar-refractivity contribution is -0.147. The summed E-state index contributed by atoms with van der Waals surface area (Å²) < 4.78 is 0. The van der Waals surface area contributed by atoms with Gasteiger partial charge in [0.25, 0.3) is 0 Å². The van der Waals surface area contributed by atoms with E-state index < -0.39 is 12.1 Å². The van der Waals surface area contributed by atoms with Crippen molar-refractivity contribution in [2.24, 2.45) is 0 Å². The summed E-state index contributed by atoms with van der Waals surface area (Å²) in [5, 5.41) is 18.3. The van der Waals surface area contributed by atoms with Crippen LogP contribution in [0.1, 0.15) is 33.9 Å². The zero-order valence-electron chi connectivity index (χ0n) is 9.46. The molecule has 0 bridgehead atoms. The Labute approximate surface area is 89.4 Å². The molecule has 0 fully saturated rings. The summed E-state index contributed by atoms with van der Waals surface area (Å²) in [7, 11) is 0. The molecule has 1 aromatic rings. The van der Waals surface area contributed by atoms with Gasteiger partial charge in [-0.15, -0.1) is 0 Å². The molecular weight excluding hydrogens is 192 g/mol. The molecule has 0 heterocycles. The topological polar surface area (TPSA) is 57.5 Å². The maximum Gasteiger partial charge on any atom is 0.337 e. The molecule has 0 spiro atoms. The third-order valence-electron chi connectivity index (χ3n) is 3.05. The van der Waals surface area contributed by atoms with Crippen LogP contribution in [0.25, 0.3) is 0 Å². The Morgan fingerprint density at radius 2 is 1.67 bits per heavy atom. The summed E-state index contributed by atoms with van der Waals surface area (Å²) in [5.74, 6) is -1.21. The predicted octanol–water partition coefficient (Wildman–Crippen LogP) is 2.04. The Bertz CT molecular complexity index is 408. The number of carbonyl (C=O) groups is 1. The van der Waals surface area contributed by atoms with Crippen LogP contribution in [0.2, 0.25) is 0 Å². The van der Waals surface area contributed by atoms with Crippen LogP contribution in [-0.4, -0.2) is 16.2 Å². The summed E-state index contributed by atoms with van der Waals surface area (Å²) in [6, 6.07) is 1.75. The molecule has 2 N–H and O–H groups in total. The number of hydrogen-bond donors (Lipinski definition) is 2. The van der Waals surface area contributed by atoms with Crippen molar-refractivity contribution in [3.8, 4) is 0 Å². The zero-order chi connectivity index (χ0) is 11.7. The van der Waals surface area contributed by atoms with Crippen molar-refractivity contribution in [3.05, 3.63) is 33.9 Å². The Balaban J connectivity index is 3.38. The average molecular weight is 208 g/mol. The van der Waals surface area contributed by atoms with E-state index in [1.165, 1.54) is 0 Å². The predicted molar refractivity (Wildman–Crippen MR) is 58.0 cm³/mol. The SMILES string of the molecule is Cc1cc(C(O)C(=O)O)c(C)c(C)c1C. The molecule has 0 aliphatic carbocycles. The van der Waals surface area contributed by atoms with Crippen molar-refractivity contribution in [1.82, 2.24) is 0 Å². The van der Waals surface area contributed by atoms with E-state index in [-0.39, 0.29) is 0 Å². The van der Waals surface area contributed by atoms with Crippen LogP contribution in [0.15, 0.2) is 6.07 Å². The highest BCUT2D eigenvalue weighted by atomic mass is 16.4. The standard InChI is InChI=1S/C12H16O3/c1-6-5-10(11(13)12(14)15)9(4)8(3)7(6)2/h5,11,13H,1-4H3,(H,14,15). The molecule has 0 aromatic heterocycles. The van der Waals surface area contributed by atoms with Crippen molar-refractivity contribution >= 4 is 5.97 Å². The van der Waals surface area contributed by atoms with Gasteiger partial charge >= 0.3 is 5.97 Å². The summed E-state index contributed by atoms with van der Waals surface area (Å²) in [6.07, 6.45) is -1.43. The van der Waals surface area contributed by atoms with Gasteiger partial charge in [0, 0.05) is 0 Å². The van der Waals surface area contributed by atoms with Crippen molar-refractivity contribution in [1.29, 1.82) is 0 Å². The van der Waals surface area contributed by atoms with Gasteiger partial charge in [-0.1, -0.05) is 6.07 Å². The van der Waals surface area contributed by atoms with Crippen molar-refractivity contribution in [2.45, 2.75) is 33.8 Å². The van der Waals surface area contributed by atoms with Crippen LogP contribution in [0, 0.1) is 27.7 Å². The molecule has 0 aliphatic rings. The van der Waals surface area contributed by atoms with Gasteiger partial charge in [-0.3, -0.25) is 0 Å². The van der Waals surface area contributed by atoms with Crippen LogP contribution in [0.4, 0.5) is 0 Å². The number of benzene rings is 1. The first-order valence-electron chi connectivity index (χ1n) is 4.84. The monoisotopic (exact) mass is 208 g/mol. The molecule has 0 saturated heterocycles. The summed E-state index contributed by atoms with van der Waals surface area (Å²) >= 11 is 0. The molecule has 0 amide bonds. The minimum absolute atomic E-state index is 0.489. The first-order valence-corrected chi connectivity index (χ1v) is 4.84. The summed E-state index contributed by atoms with van der Waals surface area (Å²) in [5.41, 5.74) is 4.55. The average Bonchev–Trinajstić information content (AvgIpc) is 2.19. The second-order valence-corrected chi connectivity index (χ2v) is 3.90. The van der Waals surface area contributed by atoms with E-state index in [0.717, 1.165) is 22.3 Å². The number of carboxylic acid groups (broad SMARTS) is 1. The number of rotatable bonds is 2. The van der Waals surface area contributed by atoms with Crippen molar-refractivity contribution in [2.75, 3.05) is 0 Å². The van der Waals surface area contributed by atoms with E-state index in [9.17, 15) is 9.90 Å². The zero-order valence-corrected chi connectivity index (χ0v) is 9.46. The van der Waals surface area contributed by atoms with Gasteiger partial charge in [-0.05, 0) is 55.5 Å². The fraction of sp³-hybridized carbons (Fsp3) is 0.417. The number of hydrogen-bond acceptors (Lipinski definition) is 2. The Morgan fingerprint density at radius 1 is 1.13 bits per heavy atom. The lowest BCUT2D eigenvalue weighted by atomic mass is 9.92. The van der Waals surface area contributed by atoms with Crippen LogP contribution in [0.5, 0.6) is 0 Å². The maximum atomic E-state index is 10.7. The highest BCUT2D eigenvalue weighted by molar-refractivity contribution is 5.75. The second-order valence-electron chi connectivity index (χ2n) is 3.90. The number of aliphatic hydroxyl groups excluding tert-OH is 1. The Hall–Kier alpha value is -1.35. The van der Waals surface area contributed by atoms with Gasteiger partial charge in [0.05, 0.1) is 0 Å². The van der Waals surface area contributed by atoms with E-state index in [1.807, 2.05) is 27.7 Å². The molecule has 15 heavy (non-hydrogen) atoms. The highest BCUT2D eigenvalue weighted by Gasteiger charge is 2.20. The van der Waals surface area contributed by atoms with Gasteiger partial charge in [-0.25, -0.2) is 4.79 Å². The van der Waals surface area contributed by atoms with Gasteiger partial charge in [-0.2, -0.15) is 0 Å². The molecule has 3 heteroatoms. The van der Waals surface area contributed by atoms with Gasteiger partial charge in [0.1, 0.15) is 0 Å².